The van der Waals surface area contributed by atoms with Crippen LogP contribution in [0.3, 0.4) is 0 Å². The van der Waals surface area contributed by atoms with E-state index in [1.54, 1.807) is 12.1 Å². The molecule has 0 radical (unpaired) electrons. The van der Waals surface area contributed by atoms with Crippen molar-refractivity contribution in [1.29, 1.82) is 0 Å². The molecular weight excluding hydrogens is 1210 g/mol. The van der Waals surface area contributed by atoms with Crippen LogP contribution in [0.25, 0.3) is 17.2 Å². The Morgan fingerprint density at radius 2 is 1.24 bits per heavy atom. The highest BCUT2D eigenvalue weighted by Crippen LogP contribution is 2.56. The van der Waals surface area contributed by atoms with E-state index in [0.29, 0.717) is 81.8 Å². The number of phenols is 4. The smallest absolute Gasteiger partial charge is 0.339 e. The quantitative estimate of drug-likeness (QED) is 0.0301. The first-order chi connectivity index (χ1) is 45.6. The molecule has 0 bridgehead atoms. The van der Waals surface area contributed by atoms with E-state index < -0.39 is 17.5 Å². The Bertz CT molecular complexity index is 3690. The van der Waals surface area contributed by atoms with Crippen LogP contribution in [0, 0.1) is 36.5 Å². The molecule has 0 aromatic heterocycles. The molecule has 12 nitrogen and oxygen atoms in total. The second-order valence-electron chi connectivity index (χ2n) is 30.7. The molecule has 10 rings (SSSR count). The molecule has 4 aliphatic heterocycles. The van der Waals surface area contributed by atoms with Crippen LogP contribution >= 0.6 is 0 Å². The fraction of sp³-hybridized carbons (Fsp3) is 0.553. The number of phenolic OH excluding ortho intramolecular Hbond substituents is 2. The summed E-state index contributed by atoms with van der Waals surface area (Å²) in [7, 11) is 0. The highest BCUT2D eigenvalue weighted by atomic mass is 16.5. The number of benzene rings is 5. The fourth-order valence-corrected chi connectivity index (χ4v) is 15.1. The molecule has 5 unspecified atom stereocenters. The lowest BCUT2D eigenvalue weighted by molar-refractivity contribution is -0.0232. The summed E-state index contributed by atoms with van der Waals surface area (Å²) >= 11 is 0. The molecule has 4 heterocycles. The average molecular weight is 1330 g/mol. The van der Waals surface area contributed by atoms with Crippen molar-refractivity contribution in [2.24, 2.45) is 29.6 Å². The molecule has 5 aromatic carbocycles. The molecule has 7 atom stereocenters. The normalized spacial score (nSPS) is 20.4. The monoisotopic (exact) mass is 1330 g/mol. The summed E-state index contributed by atoms with van der Waals surface area (Å²) in [6, 6.07) is 18.1. The van der Waals surface area contributed by atoms with Crippen molar-refractivity contribution in [2.45, 2.75) is 275 Å². The number of aromatic carboxylic acids is 2. The Labute approximate surface area is 581 Å². The number of aromatic hydroxyl groups is 4. The van der Waals surface area contributed by atoms with E-state index in [0.717, 1.165) is 123 Å². The second-order valence-corrected chi connectivity index (χ2v) is 30.7. The molecule has 97 heavy (non-hydrogen) atoms. The van der Waals surface area contributed by atoms with Crippen LogP contribution in [0.2, 0.25) is 0 Å². The van der Waals surface area contributed by atoms with Crippen LogP contribution in [0.1, 0.15) is 285 Å². The maximum absolute atomic E-state index is 11.7. The van der Waals surface area contributed by atoms with E-state index in [1.165, 1.54) is 41.5 Å². The van der Waals surface area contributed by atoms with Gasteiger partial charge >= 0.3 is 11.9 Å². The molecule has 12 heteroatoms. The first-order valence-electron chi connectivity index (χ1n) is 36.5. The molecule has 6 N–H and O–H groups in total. The average Bonchev–Trinajstić information content (AvgIpc) is 0.746. The maximum Gasteiger partial charge on any atom is 0.339 e. The van der Waals surface area contributed by atoms with Crippen molar-refractivity contribution < 1.29 is 59.2 Å². The topological polar surface area (TPSA) is 192 Å². The minimum absolute atomic E-state index is 0.00115. The summed E-state index contributed by atoms with van der Waals surface area (Å²) in [5.74, 6) is 3.85. The van der Waals surface area contributed by atoms with Gasteiger partial charge in [-0.3, -0.25) is 0 Å². The lowest BCUT2D eigenvalue weighted by Gasteiger charge is -2.46. The zero-order chi connectivity index (χ0) is 71.6. The van der Waals surface area contributed by atoms with Crippen molar-refractivity contribution >= 4 is 18.0 Å². The molecule has 530 valence electrons. The summed E-state index contributed by atoms with van der Waals surface area (Å²) in [4.78, 5) is 23.4. The number of carboxylic acids is 2. The van der Waals surface area contributed by atoms with Gasteiger partial charge in [-0.15, -0.1) is 0 Å². The van der Waals surface area contributed by atoms with Gasteiger partial charge in [0.15, 0.2) is 0 Å². The Morgan fingerprint density at radius 1 is 0.629 bits per heavy atom. The molecular formula is C85H118O12. The molecule has 5 aliphatic rings. The number of carboxylic acid groups (broad SMARTS) is 2. The van der Waals surface area contributed by atoms with Crippen molar-refractivity contribution in [3.63, 3.8) is 0 Å². The lowest BCUT2D eigenvalue weighted by atomic mass is 9.67. The van der Waals surface area contributed by atoms with Gasteiger partial charge in [0, 0.05) is 28.5 Å². The first-order valence-corrected chi connectivity index (χ1v) is 36.5. The SMILES string of the molecule is CCCCCc1cc(O)c2c(c1)OC(C)(C(C)C(C)C(C)C(C)C)CC2.CCCCCc1cc2c(c(O)c1C(=O)O)C=CC(C)(CCC=C(C)C)O2.CCCc1cc(O)c2c(c1)OC(C)(C)c1ccc(C)cc1-2.CCCc1cc2c(c(O)c1C(=O)O)[C@@H]1C=C(C)CC[C@H]1C(C)(C)O2. The predicted octanol–water partition coefficient (Wildman–Crippen LogP) is 22.1. The van der Waals surface area contributed by atoms with E-state index in [-0.39, 0.29) is 51.3 Å². The fourth-order valence-electron chi connectivity index (χ4n) is 15.1. The van der Waals surface area contributed by atoms with Gasteiger partial charge in [-0.25, -0.2) is 9.59 Å². The molecule has 0 fully saturated rings. The van der Waals surface area contributed by atoms with Crippen molar-refractivity contribution in [3.8, 4) is 57.1 Å². The van der Waals surface area contributed by atoms with Gasteiger partial charge in [0.2, 0.25) is 0 Å². The van der Waals surface area contributed by atoms with E-state index >= 15 is 0 Å². The number of allylic oxidation sites excluding steroid dienone is 4. The molecule has 0 saturated heterocycles. The number of unbranched alkanes of at least 4 members (excludes halogenated alkanes) is 4. The number of hydrogen-bond donors (Lipinski definition) is 6. The van der Waals surface area contributed by atoms with Crippen molar-refractivity contribution in [2.75, 3.05) is 0 Å². The molecule has 1 aliphatic carbocycles. The van der Waals surface area contributed by atoms with E-state index in [2.05, 4.69) is 160 Å². The van der Waals surface area contributed by atoms with Crippen LogP contribution in [-0.2, 0) is 37.7 Å². The third kappa shape index (κ3) is 18.1. The summed E-state index contributed by atoms with van der Waals surface area (Å²) in [5.41, 5.74) is 11.2. The van der Waals surface area contributed by atoms with Crippen LogP contribution in [-0.4, -0.2) is 59.4 Å². The van der Waals surface area contributed by atoms with E-state index in [1.807, 2.05) is 38.1 Å². The van der Waals surface area contributed by atoms with Crippen LogP contribution in [0.5, 0.6) is 46.0 Å². The largest absolute Gasteiger partial charge is 0.508 e. The number of fused-ring (bicyclic) bond motifs is 8. The number of hydrogen-bond acceptors (Lipinski definition) is 10. The number of carbonyl (C=O) groups is 2. The van der Waals surface area contributed by atoms with E-state index in [9.17, 15) is 40.2 Å². The van der Waals surface area contributed by atoms with Gasteiger partial charge in [0.25, 0.3) is 0 Å². The minimum atomic E-state index is -1.10. The lowest BCUT2D eigenvalue weighted by Crippen LogP contribution is -2.46. The van der Waals surface area contributed by atoms with Crippen molar-refractivity contribution in [1.82, 2.24) is 0 Å². The van der Waals surface area contributed by atoms with Gasteiger partial charge in [-0.1, -0.05) is 148 Å². The highest BCUT2D eigenvalue weighted by molar-refractivity contribution is 5.96. The third-order valence-electron chi connectivity index (χ3n) is 21.5. The van der Waals surface area contributed by atoms with Crippen molar-refractivity contribution in [3.05, 3.63) is 145 Å². The standard InChI is InChI=1S/C24H40O2.C22H30O4.C20H26O4.C19H22O2/c1-8-9-10-11-20-14-22(25)21-12-13-24(7,26-23(21)15-20)19(6)18(5)17(4)16(2)3;1-5-6-7-10-16-14-18-17(20(23)19(16)21(24)25)11-13-22(4,26-18)12-8-9-15(2)3;1-5-6-12-10-15-17(18(21)16(12)19(22)23)13-9-11(2)7-8-14(13)20(3,4)24-15;1-5-6-13-10-16(20)18-14-9-12(2)7-8-15(14)19(3,4)21-17(18)11-13/h14-19,25H,8-13H2,1-7H3;9,11,13-14,23H,5-8,10,12H2,1-4H3,(H,24,25);9-10,13-14,21H,5-8H2,1-4H3,(H,22,23);7-11,20H,5-6H2,1-4H3/t;;13-,14-;/m..1./s1. The number of ether oxygens (including phenoxy) is 4. The van der Waals surface area contributed by atoms with Gasteiger partial charge in [-0.2, -0.15) is 0 Å². The number of aryl methyl sites for hydroxylation is 5. The highest BCUT2D eigenvalue weighted by Gasteiger charge is 2.47. The molecule has 0 spiro atoms. The third-order valence-corrected chi connectivity index (χ3v) is 21.5. The first kappa shape index (κ1) is 77.0. The van der Waals surface area contributed by atoms with Crippen LogP contribution < -0.4 is 18.9 Å². The summed E-state index contributed by atoms with van der Waals surface area (Å²) in [5, 5.41) is 61.5. The Balaban J connectivity index is 0.000000183. The summed E-state index contributed by atoms with van der Waals surface area (Å²) in [6.07, 6.45) is 25.3. The minimum Gasteiger partial charge on any atom is -0.508 e. The zero-order valence-electron chi connectivity index (χ0n) is 62.3. The molecule has 0 saturated carbocycles. The Morgan fingerprint density at radius 3 is 1.87 bits per heavy atom. The van der Waals surface area contributed by atoms with Gasteiger partial charge in [0.05, 0.1) is 11.1 Å². The van der Waals surface area contributed by atoms with Gasteiger partial charge in [-0.05, 0) is 246 Å². The van der Waals surface area contributed by atoms with Gasteiger partial charge in [0.1, 0.15) is 79.5 Å². The van der Waals surface area contributed by atoms with Gasteiger partial charge < -0.3 is 49.6 Å². The molecule has 5 aromatic rings. The zero-order valence-corrected chi connectivity index (χ0v) is 62.3. The second kappa shape index (κ2) is 32.6. The maximum atomic E-state index is 11.7. The predicted molar refractivity (Wildman–Crippen MR) is 395 cm³/mol. The Hall–Kier alpha value is -7.34. The summed E-state index contributed by atoms with van der Waals surface area (Å²) in [6.45, 7) is 41.1. The van der Waals surface area contributed by atoms with Crippen LogP contribution in [0.15, 0.2) is 84.0 Å². The van der Waals surface area contributed by atoms with E-state index in [4.69, 9.17) is 18.9 Å². The number of rotatable bonds is 21. The van der Waals surface area contributed by atoms with Crippen LogP contribution in [0.4, 0.5) is 0 Å². The Kier molecular flexibility index (Phi) is 25.8. The molecule has 0 amide bonds. The summed E-state index contributed by atoms with van der Waals surface area (Å²) < 4.78 is 25.2.